The second-order valence-corrected chi connectivity index (χ2v) is 7.68. The summed E-state index contributed by atoms with van der Waals surface area (Å²) in [4.78, 5) is 14.6. The minimum atomic E-state index is -0.113. The monoisotopic (exact) mass is 366 g/mol. The number of hydrogen-bond acceptors (Lipinski definition) is 3. The van der Waals surface area contributed by atoms with Gasteiger partial charge < -0.3 is 15.0 Å². The number of nitrogens with zero attached hydrogens (tertiary/aromatic N) is 1. The average molecular weight is 367 g/mol. The van der Waals surface area contributed by atoms with E-state index in [1.54, 1.807) is 0 Å². The molecule has 0 saturated carbocycles. The number of carbonyl (C=O) groups is 1. The van der Waals surface area contributed by atoms with Crippen molar-refractivity contribution in [1.82, 2.24) is 5.32 Å². The van der Waals surface area contributed by atoms with Crippen LogP contribution < -0.4 is 15.0 Å². The molecule has 0 radical (unpaired) electrons. The van der Waals surface area contributed by atoms with E-state index in [1.165, 1.54) is 18.5 Å². The fourth-order valence-electron chi connectivity index (χ4n) is 3.62. The molecule has 2 aromatic rings. The molecule has 144 valence electrons. The van der Waals surface area contributed by atoms with E-state index in [0.29, 0.717) is 0 Å². The molecule has 1 aliphatic rings. The molecule has 4 heteroatoms. The van der Waals surface area contributed by atoms with Gasteiger partial charge in [0.1, 0.15) is 5.75 Å². The van der Waals surface area contributed by atoms with Gasteiger partial charge in [-0.15, -0.1) is 0 Å². The molecule has 3 rings (SSSR count). The van der Waals surface area contributed by atoms with Gasteiger partial charge in [0.25, 0.3) is 5.91 Å². The van der Waals surface area contributed by atoms with E-state index in [4.69, 9.17) is 4.74 Å². The Morgan fingerprint density at radius 1 is 1.26 bits per heavy atom. The topological polar surface area (TPSA) is 41.6 Å². The molecular formula is C23H30N2O2. The fourth-order valence-corrected chi connectivity index (χ4v) is 3.62. The predicted molar refractivity (Wildman–Crippen MR) is 110 cm³/mol. The summed E-state index contributed by atoms with van der Waals surface area (Å²) in [6.45, 7) is 8.61. The lowest BCUT2D eigenvalue weighted by atomic mass is 9.99. The van der Waals surface area contributed by atoms with Crippen molar-refractivity contribution in [3.05, 3.63) is 59.7 Å². The van der Waals surface area contributed by atoms with Crippen LogP contribution in [0.3, 0.4) is 0 Å². The summed E-state index contributed by atoms with van der Waals surface area (Å²) in [5, 5.41) is 3.01. The van der Waals surface area contributed by atoms with Crippen LogP contribution in [0.1, 0.15) is 43.9 Å². The number of rotatable bonds is 6. The summed E-state index contributed by atoms with van der Waals surface area (Å²) >= 11 is 0. The van der Waals surface area contributed by atoms with E-state index < -0.39 is 0 Å². The average Bonchev–Trinajstić information content (AvgIpc) is 2.66. The quantitative estimate of drug-likeness (QED) is 0.819. The number of piperidine rings is 1. The number of benzene rings is 2. The van der Waals surface area contributed by atoms with E-state index in [-0.39, 0.29) is 18.6 Å². The van der Waals surface area contributed by atoms with Gasteiger partial charge in [0.2, 0.25) is 0 Å². The van der Waals surface area contributed by atoms with Crippen molar-refractivity contribution in [2.24, 2.45) is 5.92 Å². The van der Waals surface area contributed by atoms with Crippen molar-refractivity contribution in [3.8, 4) is 5.75 Å². The predicted octanol–water partition coefficient (Wildman–Crippen LogP) is 4.49. The Morgan fingerprint density at radius 2 is 2.04 bits per heavy atom. The number of ether oxygens (including phenoxy) is 1. The van der Waals surface area contributed by atoms with Crippen molar-refractivity contribution in [3.63, 3.8) is 0 Å². The highest BCUT2D eigenvalue weighted by molar-refractivity contribution is 5.78. The van der Waals surface area contributed by atoms with Crippen LogP contribution in [0, 0.1) is 12.8 Å². The van der Waals surface area contributed by atoms with Gasteiger partial charge in [-0.2, -0.15) is 0 Å². The first-order chi connectivity index (χ1) is 13.0. The minimum Gasteiger partial charge on any atom is -0.484 e. The Labute approximate surface area is 162 Å². The second-order valence-electron chi connectivity index (χ2n) is 7.68. The van der Waals surface area contributed by atoms with Crippen LogP contribution in [0.2, 0.25) is 0 Å². The molecular weight excluding hydrogens is 336 g/mol. The highest BCUT2D eigenvalue weighted by Crippen LogP contribution is 2.24. The number of aryl methyl sites for hydroxylation is 1. The van der Waals surface area contributed by atoms with Gasteiger partial charge in [-0.1, -0.05) is 31.2 Å². The van der Waals surface area contributed by atoms with Crippen LogP contribution in [0.15, 0.2) is 48.5 Å². The number of anilines is 1. The summed E-state index contributed by atoms with van der Waals surface area (Å²) in [6.07, 6.45) is 2.58. The smallest absolute Gasteiger partial charge is 0.258 e. The largest absolute Gasteiger partial charge is 0.484 e. The van der Waals surface area contributed by atoms with E-state index in [2.05, 4.69) is 41.4 Å². The molecule has 0 spiro atoms. The maximum absolute atomic E-state index is 12.2. The van der Waals surface area contributed by atoms with Crippen molar-refractivity contribution in [1.29, 1.82) is 0 Å². The van der Waals surface area contributed by atoms with Gasteiger partial charge in [-0.3, -0.25) is 4.79 Å². The highest BCUT2D eigenvalue weighted by atomic mass is 16.5. The summed E-state index contributed by atoms with van der Waals surface area (Å²) in [5.74, 6) is 1.36. The zero-order chi connectivity index (χ0) is 19.2. The first-order valence-corrected chi connectivity index (χ1v) is 9.85. The molecule has 1 amide bonds. The third-order valence-electron chi connectivity index (χ3n) is 5.15. The number of nitrogens with one attached hydrogen (secondary N) is 1. The lowest BCUT2D eigenvalue weighted by Gasteiger charge is -2.33. The maximum Gasteiger partial charge on any atom is 0.258 e. The summed E-state index contributed by atoms with van der Waals surface area (Å²) in [7, 11) is 0. The molecule has 2 aromatic carbocycles. The number of carbonyl (C=O) groups excluding carboxylic acids is 1. The molecule has 1 fully saturated rings. The highest BCUT2D eigenvalue weighted by Gasteiger charge is 2.17. The van der Waals surface area contributed by atoms with Crippen molar-refractivity contribution in [2.75, 3.05) is 24.6 Å². The zero-order valence-corrected chi connectivity index (χ0v) is 16.6. The fraction of sp³-hybridized carbons (Fsp3) is 0.435. The third-order valence-corrected chi connectivity index (χ3v) is 5.15. The van der Waals surface area contributed by atoms with Crippen LogP contribution in [-0.4, -0.2) is 25.6 Å². The van der Waals surface area contributed by atoms with E-state index >= 15 is 0 Å². The van der Waals surface area contributed by atoms with Gasteiger partial charge >= 0.3 is 0 Å². The molecule has 0 aromatic heterocycles. The maximum atomic E-state index is 12.2. The van der Waals surface area contributed by atoms with Crippen molar-refractivity contribution in [2.45, 2.75) is 39.7 Å². The summed E-state index contributed by atoms with van der Waals surface area (Å²) in [6, 6.07) is 16.2. The molecule has 1 aliphatic heterocycles. The normalized spacial score (nSPS) is 18.0. The molecule has 1 N–H and O–H groups in total. The summed E-state index contributed by atoms with van der Waals surface area (Å²) in [5.41, 5.74) is 3.49. The molecule has 0 unspecified atom stereocenters. The van der Waals surface area contributed by atoms with Gasteiger partial charge in [0.05, 0.1) is 6.04 Å². The minimum absolute atomic E-state index is 0.0253. The van der Waals surface area contributed by atoms with Crippen molar-refractivity contribution < 1.29 is 9.53 Å². The Bertz CT molecular complexity index is 757. The zero-order valence-electron chi connectivity index (χ0n) is 16.6. The van der Waals surface area contributed by atoms with Crippen LogP contribution in [0.25, 0.3) is 0 Å². The van der Waals surface area contributed by atoms with E-state index in [1.807, 2.05) is 38.1 Å². The lowest BCUT2D eigenvalue weighted by Crippen LogP contribution is -2.34. The lowest BCUT2D eigenvalue weighted by molar-refractivity contribution is -0.123. The first kappa shape index (κ1) is 19.3. The molecule has 4 nitrogen and oxygen atoms in total. The molecule has 0 bridgehead atoms. The molecule has 0 aliphatic carbocycles. The van der Waals surface area contributed by atoms with Crippen LogP contribution in [0.4, 0.5) is 5.69 Å². The standard InChI is InChI=1S/C23H30N2O2/c1-17-6-4-8-22(14-17)27-16-23(26)24-19(3)20-9-11-21(12-10-20)25-13-5-7-18(2)15-25/h4,6,8-12,14,18-19H,5,7,13,15-16H2,1-3H3,(H,24,26)/t18-,19-/m0/s1. The SMILES string of the molecule is Cc1cccc(OCC(=O)N[C@@H](C)c2ccc(N3CCC[C@H](C)C3)cc2)c1. The van der Waals surface area contributed by atoms with E-state index in [0.717, 1.165) is 35.9 Å². The van der Waals surface area contributed by atoms with Gasteiger partial charge in [-0.05, 0) is 68.0 Å². The third kappa shape index (κ3) is 5.49. The van der Waals surface area contributed by atoms with Crippen LogP contribution in [0.5, 0.6) is 5.75 Å². The van der Waals surface area contributed by atoms with Crippen molar-refractivity contribution >= 4 is 11.6 Å². The molecule has 1 saturated heterocycles. The van der Waals surface area contributed by atoms with E-state index in [9.17, 15) is 4.79 Å². The van der Waals surface area contributed by atoms with Gasteiger partial charge in [0.15, 0.2) is 6.61 Å². The molecule has 1 heterocycles. The Balaban J connectivity index is 1.51. The Hall–Kier alpha value is -2.49. The second kappa shape index (κ2) is 8.94. The number of hydrogen-bond donors (Lipinski definition) is 1. The van der Waals surface area contributed by atoms with Gasteiger partial charge in [-0.25, -0.2) is 0 Å². The molecule has 27 heavy (non-hydrogen) atoms. The molecule has 2 atom stereocenters. The first-order valence-electron chi connectivity index (χ1n) is 9.85. The van der Waals surface area contributed by atoms with Gasteiger partial charge in [0, 0.05) is 18.8 Å². The van der Waals surface area contributed by atoms with Crippen LogP contribution in [-0.2, 0) is 4.79 Å². The number of amides is 1. The summed E-state index contributed by atoms with van der Waals surface area (Å²) < 4.78 is 5.58. The van der Waals surface area contributed by atoms with Crippen LogP contribution >= 0.6 is 0 Å². The Morgan fingerprint density at radius 3 is 2.74 bits per heavy atom. The Kier molecular flexibility index (Phi) is 6.38.